The number of nitrogens with one attached hydrogen (secondary N) is 1. The molecule has 11 heteroatoms. The Hall–Kier alpha value is -3.41. The quantitative estimate of drug-likeness (QED) is 0.305. The van der Waals surface area contributed by atoms with Crippen molar-refractivity contribution in [1.29, 1.82) is 0 Å². The van der Waals surface area contributed by atoms with E-state index in [0.29, 0.717) is 23.6 Å². The van der Waals surface area contributed by atoms with Gasteiger partial charge in [-0.05, 0) is 68.9 Å². The highest BCUT2D eigenvalue weighted by Gasteiger charge is 2.17. The number of aromatic nitrogens is 3. The van der Waals surface area contributed by atoms with Gasteiger partial charge in [0.1, 0.15) is 22.0 Å². The van der Waals surface area contributed by atoms with Gasteiger partial charge < -0.3 is 10.2 Å². The Balaban J connectivity index is 1.45. The molecule has 9 nitrogen and oxygen atoms in total. The van der Waals surface area contributed by atoms with Crippen LogP contribution in [0.15, 0.2) is 83.0 Å². The second kappa shape index (κ2) is 11.3. The fourth-order valence-corrected chi connectivity index (χ4v) is 5.72. The van der Waals surface area contributed by atoms with Gasteiger partial charge in [0.25, 0.3) is 0 Å². The van der Waals surface area contributed by atoms with Crippen LogP contribution in [-0.4, -0.2) is 68.8 Å². The van der Waals surface area contributed by atoms with Gasteiger partial charge >= 0.3 is 0 Å². The highest BCUT2D eigenvalue weighted by Crippen LogP contribution is 2.26. The molecule has 0 unspecified atom stereocenters. The van der Waals surface area contributed by atoms with E-state index >= 15 is 0 Å². The van der Waals surface area contributed by atoms with Crippen LogP contribution in [0.2, 0.25) is 0 Å². The Morgan fingerprint density at radius 1 is 0.865 bits per heavy atom. The zero-order valence-corrected chi connectivity index (χ0v) is 22.3. The SMILES string of the molecule is CN(CCCc1cc2c(Nc3ccc(S(=O)(=O)c4ccccc4)cc3)ncnc2cn1)CCS(C)(=O)=O. The fourth-order valence-electron chi connectivity index (χ4n) is 3.79. The molecule has 0 spiro atoms. The summed E-state index contributed by atoms with van der Waals surface area (Å²) in [5, 5.41) is 4.06. The number of hydrogen-bond acceptors (Lipinski definition) is 9. The van der Waals surface area contributed by atoms with Gasteiger partial charge in [-0.2, -0.15) is 0 Å². The molecule has 37 heavy (non-hydrogen) atoms. The number of aryl methyl sites for hydroxylation is 1. The first-order chi connectivity index (χ1) is 17.6. The third-order valence-corrected chi connectivity index (χ3v) is 8.59. The monoisotopic (exact) mass is 539 g/mol. The number of rotatable bonds is 11. The number of fused-ring (bicyclic) bond motifs is 1. The molecule has 0 aliphatic carbocycles. The summed E-state index contributed by atoms with van der Waals surface area (Å²) in [7, 11) is -4.66. The van der Waals surface area contributed by atoms with E-state index in [1.165, 1.54) is 12.6 Å². The highest BCUT2D eigenvalue weighted by molar-refractivity contribution is 7.91. The molecule has 4 rings (SSSR count). The summed E-state index contributed by atoms with van der Waals surface area (Å²) in [5.74, 6) is 0.737. The molecule has 2 aromatic carbocycles. The summed E-state index contributed by atoms with van der Waals surface area (Å²) in [6.45, 7) is 1.25. The Morgan fingerprint density at radius 2 is 1.57 bits per heavy atom. The minimum Gasteiger partial charge on any atom is -0.340 e. The maximum absolute atomic E-state index is 12.8. The molecule has 0 radical (unpaired) electrons. The summed E-state index contributed by atoms with van der Waals surface area (Å²) in [6, 6.07) is 16.8. The molecule has 1 N–H and O–H groups in total. The molecule has 0 amide bonds. The smallest absolute Gasteiger partial charge is 0.206 e. The van der Waals surface area contributed by atoms with E-state index in [-0.39, 0.29) is 15.5 Å². The largest absolute Gasteiger partial charge is 0.340 e. The van der Waals surface area contributed by atoms with Crippen molar-refractivity contribution in [3.63, 3.8) is 0 Å². The van der Waals surface area contributed by atoms with Crippen molar-refractivity contribution in [2.75, 3.05) is 37.5 Å². The standard InChI is InChI=1S/C26H29N5O4S2/c1-31(15-16-36(2,32)33)14-6-7-21-17-24-25(18-27-21)28-19-29-26(24)30-20-10-12-23(13-11-20)37(34,35)22-8-4-3-5-9-22/h3-5,8-13,17-19H,6-7,14-16H2,1-2H3,(H,28,29,30). The number of benzene rings is 2. The Labute approximate surface area is 217 Å². The lowest BCUT2D eigenvalue weighted by Gasteiger charge is -2.15. The highest BCUT2D eigenvalue weighted by atomic mass is 32.2. The average molecular weight is 540 g/mol. The van der Waals surface area contributed by atoms with E-state index in [0.717, 1.165) is 30.5 Å². The van der Waals surface area contributed by atoms with Crippen LogP contribution in [0.1, 0.15) is 12.1 Å². The van der Waals surface area contributed by atoms with Crippen LogP contribution in [0.5, 0.6) is 0 Å². The molecule has 0 atom stereocenters. The molecule has 0 saturated carbocycles. The topological polar surface area (TPSA) is 122 Å². The van der Waals surface area contributed by atoms with Crippen LogP contribution in [0.3, 0.4) is 0 Å². The first-order valence-corrected chi connectivity index (χ1v) is 15.3. The van der Waals surface area contributed by atoms with Crippen LogP contribution in [0.4, 0.5) is 11.5 Å². The Morgan fingerprint density at radius 3 is 2.27 bits per heavy atom. The molecule has 0 fully saturated rings. The average Bonchev–Trinajstić information content (AvgIpc) is 2.88. The molecule has 194 valence electrons. The number of anilines is 2. The van der Waals surface area contributed by atoms with Crippen molar-refractivity contribution in [3.8, 4) is 0 Å². The molecule has 2 aromatic heterocycles. The van der Waals surface area contributed by atoms with Crippen molar-refractivity contribution in [1.82, 2.24) is 19.9 Å². The van der Waals surface area contributed by atoms with Gasteiger partial charge in [0, 0.05) is 29.6 Å². The molecular weight excluding hydrogens is 510 g/mol. The Bertz CT molecular complexity index is 1580. The third-order valence-electron chi connectivity index (χ3n) is 5.88. The van der Waals surface area contributed by atoms with Crippen LogP contribution < -0.4 is 5.32 Å². The van der Waals surface area contributed by atoms with E-state index in [1.54, 1.807) is 60.8 Å². The first-order valence-electron chi connectivity index (χ1n) is 11.7. The summed E-state index contributed by atoms with van der Waals surface area (Å²) in [6.07, 6.45) is 5.96. The van der Waals surface area contributed by atoms with Crippen molar-refractivity contribution >= 4 is 42.1 Å². The zero-order valence-electron chi connectivity index (χ0n) is 20.7. The summed E-state index contributed by atoms with van der Waals surface area (Å²) in [4.78, 5) is 15.7. The van der Waals surface area contributed by atoms with Gasteiger partial charge in [-0.3, -0.25) is 4.98 Å². The van der Waals surface area contributed by atoms with E-state index in [2.05, 4.69) is 20.3 Å². The molecule has 0 aliphatic rings. The molecule has 0 saturated heterocycles. The van der Waals surface area contributed by atoms with Crippen LogP contribution >= 0.6 is 0 Å². The van der Waals surface area contributed by atoms with Crippen molar-refractivity contribution in [3.05, 3.63) is 78.9 Å². The summed E-state index contributed by atoms with van der Waals surface area (Å²) in [5.41, 5.74) is 2.26. The number of hydrogen-bond donors (Lipinski definition) is 1. The predicted octanol–water partition coefficient (Wildman–Crippen LogP) is 3.51. The lowest BCUT2D eigenvalue weighted by molar-refractivity contribution is 0.347. The second-order valence-electron chi connectivity index (χ2n) is 8.92. The van der Waals surface area contributed by atoms with Crippen LogP contribution in [0.25, 0.3) is 10.9 Å². The van der Waals surface area contributed by atoms with Gasteiger partial charge in [-0.25, -0.2) is 26.8 Å². The Kier molecular flexibility index (Phi) is 8.16. The van der Waals surface area contributed by atoms with Crippen LogP contribution in [-0.2, 0) is 26.1 Å². The molecular formula is C26H29N5O4S2. The van der Waals surface area contributed by atoms with Crippen molar-refractivity contribution < 1.29 is 16.8 Å². The molecule has 2 heterocycles. The van der Waals surface area contributed by atoms with Crippen molar-refractivity contribution in [2.45, 2.75) is 22.6 Å². The minimum atomic E-state index is -3.59. The van der Waals surface area contributed by atoms with E-state index < -0.39 is 19.7 Å². The molecule has 0 bridgehead atoms. The normalized spacial score (nSPS) is 12.2. The minimum absolute atomic E-state index is 0.142. The van der Waals surface area contributed by atoms with Gasteiger partial charge in [-0.1, -0.05) is 18.2 Å². The molecule has 4 aromatic rings. The lowest BCUT2D eigenvalue weighted by atomic mass is 10.1. The lowest BCUT2D eigenvalue weighted by Crippen LogP contribution is -2.26. The predicted molar refractivity (Wildman–Crippen MR) is 144 cm³/mol. The maximum atomic E-state index is 12.8. The summed E-state index contributed by atoms with van der Waals surface area (Å²) < 4.78 is 48.4. The fraction of sp³-hybridized carbons (Fsp3) is 0.269. The van der Waals surface area contributed by atoms with Crippen LogP contribution in [0, 0.1) is 0 Å². The first kappa shape index (κ1) is 26.6. The maximum Gasteiger partial charge on any atom is 0.206 e. The molecule has 0 aliphatic heterocycles. The van der Waals surface area contributed by atoms with E-state index in [1.807, 2.05) is 18.0 Å². The number of nitrogens with zero attached hydrogens (tertiary/aromatic N) is 4. The number of pyridine rings is 1. The van der Waals surface area contributed by atoms with Gasteiger partial charge in [0.05, 0.1) is 27.3 Å². The summed E-state index contributed by atoms with van der Waals surface area (Å²) >= 11 is 0. The zero-order chi connectivity index (χ0) is 26.5. The second-order valence-corrected chi connectivity index (χ2v) is 13.1. The van der Waals surface area contributed by atoms with E-state index in [4.69, 9.17) is 0 Å². The van der Waals surface area contributed by atoms with Gasteiger partial charge in [0.2, 0.25) is 9.84 Å². The van der Waals surface area contributed by atoms with E-state index in [9.17, 15) is 16.8 Å². The van der Waals surface area contributed by atoms with Crippen molar-refractivity contribution in [2.24, 2.45) is 0 Å². The third kappa shape index (κ3) is 7.09. The van der Waals surface area contributed by atoms with Gasteiger partial charge in [-0.15, -0.1) is 0 Å². The van der Waals surface area contributed by atoms with Gasteiger partial charge in [0.15, 0.2) is 0 Å². The number of sulfone groups is 2.